The van der Waals surface area contributed by atoms with E-state index in [9.17, 15) is 4.79 Å². The van der Waals surface area contributed by atoms with Gasteiger partial charge in [0.1, 0.15) is 16.9 Å². The molecule has 2 aliphatic heterocycles. The van der Waals surface area contributed by atoms with Gasteiger partial charge in [-0.25, -0.2) is 4.98 Å². The van der Waals surface area contributed by atoms with Crippen molar-refractivity contribution in [1.82, 2.24) is 25.0 Å². The molecule has 9 heteroatoms. The van der Waals surface area contributed by atoms with Crippen LogP contribution in [0.5, 0.6) is 0 Å². The van der Waals surface area contributed by atoms with E-state index in [1.54, 1.807) is 0 Å². The first-order valence-corrected chi connectivity index (χ1v) is 12.1. The van der Waals surface area contributed by atoms with Gasteiger partial charge >= 0.3 is 0 Å². The third kappa shape index (κ3) is 5.39. The molecule has 0 bridgehead atoms. The molecule has 2 fully saturated rings. The van der Waals surface area contributed by atoms with E-state index in [1.807, 2.05) is 23.1 Å². The highest BCUT2D eigenvalue weighted by molar-refractivity contribution is 7.15. The number of aromatic nitrogens is 3. The Morgan fingerprint density at radius 2 is 2.06 bits per heavy atom. The minimum atomic E-state index is -0.212. The molecule has 1 atom stereocenters. The summed E-state index contributed by atoms with van der Waals surface area (Å²) in [5, 5.41) is 13.2. The quantitative estimate of drug-likeness (QED) is 0.732. The van der Waals surface area contributed by atoms with Gasteiger partial charge in [-0.1, -0.05) is 24.3 Å². The number of carbonyl (C=O) groups is 1. The maximum Gasteiger partial charge on any atom is 0.225 e. The number of amides is 1. The van der Waals surface area contributed by atoms with E-state index >= 15 is 0 Å². The van der Waals surface area contributed by atoms with Crippen molar-refractivity contribution in [3.05, 3.63) is 28.9 Å². The minimum absolute atomic E-state index is 0.125. The standard InChI is InChI=1S/C22H32N6O2S/c1-4-20-25-26-22(31-20)24-19-7-5-6-17(23-19)18-14-28(12-13-30-18)21(29)16-8-10-27(11-9-16)15(2)3/h5-7,15-16,18H,4,8-14H2,1-3H3,(H,23,24,26)/t18-/m0/s1. The lowest BCUT2D eigenvalue weighted by Crippen LogP contribution is -2.48. The van der Waals surface area contributed by atoms with Crippen LogP contribution in [0.2, 0.25) is 0 Å². The largest absolute Gasteiger partial charge is 0.368 e. The van der Waals surface area contributed by atoms with Crippen LogP contribution in [0.1, 0.15) is 50.4 Å². The van der Waals surface area contributed by atoms with Crippen molar-refractivity contribution in [2.75, 3.05) is 38.1 Å². The molecule has 4 rings (SSSR count). The van der Waals surface area contributed by atoms with Gasteiger partial charge in [-0.3, -0.25) is 4.79 Å². The number of hydrogen-bond donors (Lipinski definition) is 1. The summed E-state index contributed by atoms with van der Waals surface area (Å²) in [5.74, 6) is 1.11. The number of rotatable bonds is 6. The molecule has 2 aromatic rings. The van der Waals surface area contributed by atoms with Gasteiger partial charge in [-0.15, -0.1) is 10.2 Å². The van der Waals surface area contributed by atoms with E-state index in [4.69, 9.17) is 9.72 Å². The van der Waals surface area contributed by atoms with Crippen molar-refractivity contribution in [2.24, 2.45) is 5.92 Å². The zero-order valence-electron chi connectivity index (χ0n) is 18.6. The molecule has 2 saturated heterocycles. The Bertz CT molecular complexity index is 880. The van der Waals surface area contributed by atoms with Crippen LogP contribution in [-0.4, -0.2) is 69.7 Å². The summed E-state index contributed by atoms with van der Waals surface area (Å²) in [4.78, 5) is 22.3. The highest BCUT2D eigenvalue weighted by Crippen LogP contribution is 2.27. The van der Waals surface area contributed by atoms with Gasteiger partial charge in [0.2, 0.25) is 11.0 Å². The minimum Gasteiger partial charge on any atom is -0.368 e. The number of pyridine rings is 1. The molecule has 0 spiro atoms. The van der Waals surface area contributed by atoms with Gasteiger partial charge in [0.15, 0.2) is 0 Å². The summed E-state index contributed by atoms with van der Waals surface area (Å²) >= 11 is 1.53. The predicted molar refractivity (Wildman–Crippen MR) is 122 cm³/mol. The van der Waals surface area contributed by atoms with E-state index in [0.717, 1.165) is 48.2 Å². The lowest BCUT2D eigenvalue weighted by atomic mass is 9.94. The van der Waals surface area contributed by atoms with E-state index in [1.165, 1.54) is 11.3 Å². The van der Waals surface area contributed by atoms with Gasteiger partial charge in [0.25, 0.3) is 0 Å². The van der Waals surface area contributed by atoms with Crippen molar-refractivity contribution < 1.29 is 9.53 Å². The third-order valence-electron chi connectivity index (χ3n) is 6.09. The van der Waals surface area contributed by atoms with Crippen molar-refractivity contribution in [2.45, 2.75) is 52.2 Å². The number of piperidine rings is 1. The summed E-state index contributed by atoms with van der Waals surface area (Å²) in [7, 11) is 0. The van der Waals surface area contributed by atoms with Crippen molar-refractivity contribution in [3.8, 4) is 0 Å². The number of anilines is 2. The Morgan fingerprint density at radius 3 is 2.77 bits per heavy atom. The van der Waals surface area contributed by atoms with Gasteiger partial charge in [-0.05, 0) is 58.3 Å². The number of likely N-dealkylation sites (tertiary alicyclic amines) is 1. The summed E-state index contributed by atoms with van der Waals surface area (Å²) < 4.78 is 5.99. The molecule has 0 aliphatic carbocycles. The first kappa shape index (κ1) is 22.1. The van der Waals surface area contributed by atoms with Crippen LogP contribution in [-0.2, 0) is 16.0 Å². The molecule has 31 heavy (non-hydrogen) atoms. The second-order valence-electron chi connectivity index (χ2n) is 8.47. The molecule has 2 aromatic heterocycles. The highest BCUT2D eigenvalue weighted by atomic mass is 32.1. The molecule has 1 N–H and O–H groups in total. The molecule has 2 aliphatic rings. The third-order valence-corrected chi connectivity index (χ3v) is 7.08. The second-order valence-corrected chi connectivity index (χ2v) is 9.54. The smallest absolute Gasteiger partial charge is 0.225 e. The SMILES string of the molecule is CCc1nnc(Nc2cccc([C@@H]3CN(C(=O)C4CCN(C(C)C)CC4)CCO3)n2)s1. The molecular formula is C22H32N6O2S. The molecule has 0 aromatic carbocycles. The fourth-order valence-electron chi connectivity index (χ4n) is 4.21. The molecule has 8 nitrogen and oxygen atoms in total. The van der Waals surface area contributed by atoms with Gasteiger partial charge < -0.3 is 19.9 Å². The molecular weight excluding hydrogens is 412 g/mol. The fraction of sp³-hybridized carbons (Fsp3) is 0.636. The first-order chi connectivity index (χ1) is 15.0. The van der Waals surface area contributed by atoms with E-state index < -0.39 is 0 Å². The maximum absolute atomic E-state index is 13.2. The average Bonchev–Trinajstić information content (AvgIpc) is 3.26. The topological polar surface area (TPSA) is 83.5 Å². The summed E-state index contributed by atoms with van der Waals surface area (Å²) in [5.41, 5.74) is 0.831. The van der Waals surface area contributed by atoms with E-state index in [2.05, 4.69) is 41.2 Å². The molecule has 168 valence electrons. The number of nitrogens with one attached hydrogen (secondary N) is 1. The summed E-state index contributed by atoms with van der Waals surface area (Å²) in [6.45, 7) is 10.3. The van der Waals surface area contributed by atoms with Crippen LogP contribution in [0.4, 0.5) is 10.9 Å². The molecule has 0 radical (unpaired) electrons. The van der Waals surface area contributed by atoms with Crippen molar-refractivity contribution in [1.29, 1.82) is 0 Å². The molecule has 0 saturated carbocycles. The van der Waals surface area contributed by atoms with Crippen LogP contribution in [0.3, 0.4) is 0 Å². The summed E-state index contributed by atoms with van der Waals surface area (Å²) in [6, 6.07) is 6.37. The van der Waals surface area contributed by atoms with Crippen LogP contribution >= 0.6 is 11.3 Å². The highest BCUT2D eigenvalue weighted by Gasteiger charge is 2.33. The lowest BCUT2D eigenvalue weighted by Gasteiger charge is -2.38. The number of ether oxygens (including phenoxy) is 1. The number of nitrogens with zero attached hydrogens (tertiary/aromatic N) is 5. The normalized spacial score (nSPS) is 20.9. The van der Waals surface area contributed by atoms with Crippen molar-refractivity contribution >= 4 is 28.2 Å². The Kier molecular flexibility index (Phi) is 7.14. The Morgan fingerprint density at radius 1 is 1.26 bits per heavy atom. The van der Waals surface area contributed by atoms with Crippen LogP contribution in [0.15, 0.2) is 18.2 Å². The van der Waals surface area contributed by atoms with E-state index in [-0.39, 0.29) is 17.9 Å². The monoisotopic (exact) mass is 444 g/mol. The lowest BCUT2D eigenvalue weighted by molar-refractivity contribution is -0.145. The Balaban J connectivity index is 1.37. The fourth-order valence-corrected chi connectivity index (χ4v) is 4.89. The molecule has 1 amide bonds. The second kappa shape index (κ2) is 10.0. The predicted octanol–water partition coefficient (Wildman–Crippen LogP) is 3.26. The Labute approximate surface area is 188 Å². The van der Waals surface area contributed by atoms with Gasteiger partial charge in [0.05, 0.1) is 18.8 Å². The number of aryl methyl sites for hydroxylation is 1. The first-order valence-electron chi connectivity index (χ1n) is 11.2. The summed E-state index contributed by atoms with van der Waals surface area (Å²) in [6.07, 6.45) is 2.54. The zero-order chi connectivity index (χ0) is 21.8. The number of carbonyl (C=O) groups excluding carboxylic acids is 1. The Hall–Kier alpha value is -2.10. The zero-order valence-corrected chi connectivity index (χ0v) is 19.4. The van der Waals surface area contributed by atoms with Gasteiger partial charge in [0, 0.05) is 18.5 Å². The number of hydrogen-bond acceptors (Lipinski definition) is 8. The van der Waals surface area contributed by atoms with Crippen LogP contribution in [0, 0.1) is 5.92 Å². The van der Waals surface area contributed by atoms with E-state index in [0.29, 0.717) is 31.6 Å². The molecule has 0 unspecified atom stereocenters. The number of morpholine rings is 1. The van der Waals surface area contributed by atoms with Crippen LogP contribution in [0.25, 0.3) is 0 Å². The van der Waals surface area contributed by atoms with Crippen LogP contribution < -0.4 is 5.32 Å². The molecule has 4 heterocycles. The van der Waals surface area contributed by atoms with Crippen molar-refractivity contribution in [3.63, 3.8) is 0 Å². The maximum atomic E-state index is 13.2. The average molecular weight is 445 g/mol. The van der Waals surface area contributed by atoms with Gasteiger partial charge in [-0.2, -0.15) is 0 Å².